The number of alkyl halides is 1. The molecule has 0 aromatic heterocycles. The first-order chi connectivity index (χ1) is 7.22. The van der Waals surface area contributed by atoms with E-state index < -0.39 is 5.97 Å². The zero-order valence-corrected chi connectivity index (χ0v) is 10.2. The zero-order valence-electron chi connectivity index (χ0n) is 8.58. The lowest BCUT2D eigenvalue weighted by atomic mass is 10.1. The molecule has 0 unspecified atom stereocenters. The molecule has 1 aromatic rings. The van der Waals surface area contributed by atoms with Crippen LogP contribution in [0.2, 0.25) is 0 Å². The second-order valence-corrected chi connectivity index (χ2v) is 4.11. The maximum Gasteiger partial charge on any atom is 0.303 e. The topological polar surface area (TPSA) is 37.3 Å². The molecule has 1 aromatic carbocycles. The third-order valence-corrected chi connectivity index (χ3v) is 2.93. The van der Waals surface area contributed by atoms with Gasteiger partial charge in [0.05, 0.1) is 0 Å². The highest BCUT2D eigenvalue weighted by molar-refractivity contribution is 9.08. The first-order valence-corrected chi connectivity index (χ1v) is 6.20. The van der Waals surface area contributed by atoms with Crippen LogP contribution in [0.25, 0.3) is 0 Å². The highest BCUT2D eigenvalue weighted by Gasteiger charge is 1.98. The van der Waals surface area contributed by atoms with Crippen LogP contribution in [0.1, 0.15) is 30.4 Å². The van der Waals surface area contributed by atoms with Crippen LogP contribution in [0.15, 0.2) is 24.3 Å². The summed E-state index contributed by atoms with van der Waals surface area (Å²) in [5.74, 6) is -0.704. The third kappa shape index (κ3) is 4.98. The quantitative estimate of drug-likeness (QED) is 0.636. The van der Waals surface area contributed by atoms with E-state index in [9.17, 15) is 4.79 Å². The van der Waals surface area contributed by atoms with Crippen molar-refractivity contribution in [3.05, 3.63) is 35.4 Å². The van der Waals surface area contributed by atoms with E-state index in [4.69, 9.17) is 5.11 Å². The molecule has 82 valence electrons. The predicted molar refractivity (Wildman–Crippen MR) is 64.3 cm³/mol. The Morgan fingerprint density at radius 3 is 2.27 bits per heavy atom. The molecule has 1 N–H and O–H groups in total. The summed E-state index contributed by atoms with van der Waals surface area (Å²) in [4.78, 5) is 10.3. The lowest BCUT2D eigenvalue weighted by Crippen LogP contribution is -1.94. The standard InChI is InChI=1S/C12H15BrO2/c13-9-11-7-5-10(6-8-11)3-1-2-4-12(14)15/h5-8H,1-4,9H2,(H,14,15). The minimum Gasteiger partial charge on any atom is -0.481 e. The summed E-state index contributed by atoms with van der Waals surface area (Å²) in [6, 6.07) is 8.41. The fourth-order valence-electron chi connectivity index (χ4n) is 1.40. The summed E-state index contributed by atoms with van der Waals surface area (Å²) in [6.45, 7) is 0. The van der Waals surface area contributed by atoms with Gasteiger partial charge in [-0.05, 0) is 30.4 Å². The molecule has 0 saturated heterocycles. The van der Waals surface area contributed by atoms with Gasteiger partial charge in [-0.25, -0.2) is 0 Å². The number of unbranched alkanes of at least 4 members (excludes halogenated alkanes) is 1. The lowest BCUT2D eigenvalue weighted by molar-refractivity contribution is -0.137. The molecule has 0 heterocycles. The Labute approximate surface area is 98.4 Å². The number of benzene rings is 1. The van der Waals surface area contributed by atoms with Crippen LogP contribution in [0, 0.1) is 0 Å². The summed E-state index contributed by atoms with van der Waals surface area (Å²) in [5.41, 5.74) is 2.55. The van der Waals surface area contributed by atoms with Crippen LogP contribution in [0.4, 0.5) is 0 Å². The molecule has 15 heavy (non-hydrogen) atoms. The number of rotatable bonds is 6. The molecule has 1 rings (SSSR count). The van der Waals surface area contributed by atoms with Crippen molar-refractivity contribution in [2.24, 2.45) is 0 Å². The zero-order chi connectivity index (χ0) is 11.1. The second-order valence-electron chi connectivity index (χ2n) is 3.55. The van der Waals surface area contributed by atoms with E-state index in [1.807, 2.05) is 0 Å². The van der Waals surface area contributed by atoms with Crippen LogP contribution in [0.3, 0.4) is 0 Å². The molecule has 0 fully saturated rings. The first-order valence-electron chi connectivity index (χ1n) is 5.08. The van der Waals surface area contributed by atoms with Gasteiger partial charge in [0.1, 0.15) is 0 Å². The number of aliphatic carboxylic acids is 1. The highest BCUT2D eigenvalue weighted by Crippen LogP contribution is 2.10. The molecule has 0 amide bonds. The van der Waals surface area contributed by atoms with Gasteiger partial charge in [0.2, 0.25) is 0 Å². The van der Waals surface area contributed by atoms with E-state index in [0.29, 0.717) is 0 Å². The van der Waals surface area contributed by atoms with Crippen molar-refractivity contribution in [3.8, 4) is 0 Å². The monoisotopic (exact) mass is 270 g/mol. The minimum atomic E-state index is -0.704. The van der Waals surface area contributed by atoms with Crippen molar-refractivity contribution >= 4 is 21.9 Å². The van der Waals surface area contributed by atoms with E-state index >= 15 is 0 Å². The van der Waals surface area contributed by atoms with E-state index in [0.717, 1.165) is 24.6 Å². The molecule has 0 aliphatic heterocycles. The summed E-state index contributed by atoms with van der Waals surface area (Å²) < 4.78 is 0. The van der Waals surface area contributed by atoms with Crippen LogP contribution in [0.5, 0.6) is 0 Å². The average molecular weight is 271 g/mol. The largest absolute Gasteiger partial charge is 0.481 e. The van der Waals surface area contributed by atoms with Gasteiger partial charge in [0, 0.05) is 11.8 Å². The molecule has 0 aliphatic carbocycles. The van der Waals surface area contributed by atoms with E-state index in [-0.39, 0.29) is 6.42 Å². The molecule has 0 aliphatic rings. The van der Waals surface area contributed by atoms with Gasteiger partial charge in [-0.15, -0.1) is 0 Å². The minimum absolute atomic E-state index is 0.277. The molecule has 0 bridgehead atoms. The molecular formula is C12H15BrO2. The normalized spacial score (nSPS) is 10.2. The number of halogens is 1. The number of carboxylic acid groups (broad SMARTS) is 1. The van der Waals surface area contributed by atoms with Crippen LogP contribution in [-0.4, -0.2) is 11.1 Å². The SMILES string of the molecule is O=C(O)CCCCc1ccc(CBr)cc1. The Bertz CT molecular complexity index is 306. The highest BCUT2D eigenvalue weighted by atomic mass is 79.9. The summed E-state index contributed by atoms with van der Waals surface area (Å²) >= 11 is 3.40. The van der Waals surface area contributed by atoms with E-state index in [2.05, 4.69) is 40.2 Å². The number of aryl methyl sites for hydroxylation is 1. The lowest BCUT2D eigenvalue weighted by Gasteiger charge is -2.01. The molecule has 0 radical (unpaired) electrons. The Balaban J connectivity index is 2.28. The first kappa shape index (κ1) is 12.2. The van der Waals surface area contributed by atoms with Crippen LogP contribution >= 0.6 is 15.9 Å². The number of carboxylic acids is 1. The summed E-state index contributed by atoms with van der Waals surface area (Å²) in [6.07, 6.45) is 2.95. The van der Waals surface area contributed by atoms with Gasteiger partial charge >= 0.3 is 5.97 Å². The Morgan fingerprint density at radius 2 is 1.73 bits per heavy atom. The van der Waals surface area contributed by atoms with Crippen molar-refractivity contribution in [3.63, 3.8) is 0 Å². The maximum absolute atomic E-state index is 10.3. The molecule has 0 spiro atoms. The molecule has 2 nitrogen and oxygen atoms in total. The van der Waals surface area contributed by atoms with Crippen molar-refractivity contribution in [2.75, 3.05) is 0 Å². The number of hydrogen-bond acceptors (Lipinski definition) is 1. The predicted octanol–water partition coefficient (Wildman–Crippen LogP) is 3.38. The van der Waals surface area contributed by atoms with Gasteiger partial charge in [0.15, 0.2) is 0 Å². The molecule has 0 saturated carbocycles. The third-order valence-electron chi connectivity index (χ3n) is 2.28. The van der Waals surface area contributed by atoms with Gasteiger partial charge < -0.3 is 5.11 Å². The van der Waals surface area contributed by atoms with Crippen molar-refractivity contribution in [1.82, 2.24) is 0 Å². The average Bonchev–Trinajstić information content (AvgIpc) is 2.25. The van der Waals surface area contributed by atoms with E-state index in [1.165, 1.54) is 11.1 Å². The Morgan fingerprint density at radius 1 is 1.13 bits per heavy atom. The van der Waals surface area contributed by atoms with Gasteiger partial charge in [-0.3, -0.25) is 4.79 Å². The fourth-order valence-corrected chi connectivity index (χ4v) is 1.77. The van der Waals surface area contributed by atoms with Crippen molar-refractivity contribution < 1.29 is 9.90 Å². The molecule has 0 atom stereocenters. The molecular weight excluding hydrogens is 256 g/mol. The number of hydrogen-bond donors (Lipinski definition) is 1. The van der Waals surface area contributed by atoms with E-state index in [1.54, 1.807) is 0 Å². The Hall–Kier alpha value is -0.830. The van der Waals surface area contributed by atoms with Gasteiger partial charge in [0.25, 0.3) is 0 Å². The van der Waals surface area contributed by atoms with Crippen LogP contribution < -0.4 is 0 Å². The smallest absolute Gasteiger partial charge is 0.303 e. The van der Waals surface area contributed by atoms with Crippen molar-refractivity contribution in [2.45, 2.75) is 31.0 Å². The number of carbonyl (C=O) groups is 1. The molecule has 3 heteroatoms. The van der Waals surface area contributed by atoms with Gasteiger partial charge in [-0.2, -0.15) is 0 Å². The van der Waals surface area contributed by atoms with Crippen molar-refractivity contribution in [1.29, 1.82) is 0 Å². The Kier molecular flexibility index (Phi) is 5.40. The maximum atomic E-state index is 10.3. The van der Waals surface area contributed by atoms with Crippen LogP contribution in [-0.2, 0) is 16.5 Å². The second kappa shape index (κ2) is 6.62. The van der Waals surface area contributed by atoms with Gasteiger partial charge in [-0.1, -0.05) is 40.2 Å². The fraction of sp³-hybridized carbons (Fsp3) is 0.417. The summed E-state index contributed by atoms with van der Waals surface area (Å²) in [5, 5.41) is 9.36. The summed E-state index contributed by atoms with van der Waals surface area (Å²) in [7, 11) is 0.